The second-order valence-electron chi connectivity index (χ2n) is 5.23. The first-order valence-corrected chi connectivity index (χ1v) is 8.20. The number of hydrogen-bond donors (Lipinski definition) is 1. The van der Waals surface area contributed by atoms with Crippen LogP contribution in [0.3, 0.4) is 0 Å². The molecule has 0 unspecified atom stereocenters. The Hall–Kier alpha value is -3.20. The van der Waals surface area contributed by atoms with Crippen LogP contribution in [0.25, 0.3) is 21.3 Å². The Morgan fingerprint density at radius 2 is 2.12 bits per heavy atom. The number of aromatic nitrogens is 3. The fraction of sp³-hybridized carbons (Fsp3) is 0.125. The lowest BCUT2D eigenvalue weighted by atomic mass is 10.3. The van der Waals surface area contributed by atoms with Gasteiger partial charge in [-0.25, -0.2) is 9.78 Å². The number of para-hydroxylation sites is 2. The third-order valence-electron chi connectivity index (χ3n) is 3.59. The van der Waals surface area contributed by atoms with E-state index in [2.05, 4.69) is 9.97 Å². The van der Waals surface area contributed by atoms with Crippen LogP contribution >= 0.6 is 11.3 Å². The molecule has 0 aliphatic heterocycles. The Morgan fingerprint density at radius 1 is 1.28 bits per heavy atom. The summed E-state index contributed by atoms with van der Waals surface area (Å²) in [7, 11) is 0. The molecule has 3 aromatic heterocycles. The highest BCUT2D eigenvalue weighted by Gasteiger charge is 2.14. The van der Waals surface area contributed by atoms with Crippen molar-refractivity contribution in [1.29, 1.82) is 0 Å². The number of H-pyrrole nitrogens is 1. The molecule has 3 heterocycles. The minimum atomic E-state index is -0.637. The molecule has 0 radical (unpaired) electrons. The zero-order valence-electron chi connectivity index (χ0n) is 12.7. The maximum Gasteiger partial charge on any atom is 0.420 e. The van der Waals surface area contributed by atoms with Crippen molar-refractivity contribution in [2.24, 2.45) is 0 Å². The molecule has 8 nitrogen and oxygen atoms in total. The van der Waals surface area contributed by atoms with E-state index in [4.69, 9.17) is 9.15 Å². The van der Waals surface area contributed by atoms with E-state index < -0.39 is 11.7 Å². The van der Waals surface area contributed by atoms with E-state index in [0.717, 1.165) is 0 Å². The van der Waals surface area contributed by atoms with Gasteiger partial charge in [-0.15, -0.1) is 11.3 Å². The minimum absolute atomic E-state index is 0.190. The molecule has 0 spiro atoms. The average Bonchev–Trinajstić information content (AvgIpc) is 3.18. The molecule has 0 saturated carbocycles. The normalized spacial score (nSPS) is 11.2. The maximum absolute atomic E-state index is 12.0. The lowest BCUT2D eigenvalue weighted by Gasteiger charge is -2.05. The summed E-state index contributed by atoms with van der Waals surface area (Å²) in [5.74, 6) is -1.03. The Kier molecular flexibility index (Phi) is 3.69. The van der Waals surface area contributed by atoms with Crippen LogP contribution in [0.1, 0.15) is 5.82 Å². The molecule has 25 heavy (non-hydrogen) atoms. The number of aromatic amines is 1. The number of oxazole rings is 1. The number of nitrogens with one attached hydrogen (secondary N) is 1. The third-order valence-corrected chi connectivity index (χ3v) is 4.50. The number of nitrogens with zero attached hydrogens (tertiary/aromatic N) is 2. The Balaban J connectivity index is 1.51. The second-order valence-corrected chi connectivity index (χ2v) is 6.15. The number of benzene rings is 1. The molecular weight excluding hydrogens is 346 g/mol. The smallest absolute Gasteiger partial charge is 0.420 e. The molecule has 4 rings (SSSR count). The largest absolute Gasteiger partial charge is 0.456 e. The Bertz CT molecular complexity index is 1200. The van der Waals surface area contributed by atoms with Crippen molar-refractivity contribution in [2.45, 2.75) is 13.2 Å². The van der Waals surface area contributed by atoms with E-state index in [1.54, 1.807) is 35.7 Å². The van der Waals surface area contributed by atoms with Crippen LogP contribution < -0.4 is 11.3 Å². The fourth-order valence-corrected chi connectivity index (χ4v) is 3.20. The van der Waals surface area contributed by atoms with Gasteiger partial charge in [0.05, 0.1) is 11.0 Å². The van der Waals surface area contributed by atoms with Crippen LogP contribution in [0.4, 0.5) is 0 Å². The lowest BCUT2D eigenvalue weighted by molar-refractivity contribution is -0.145. The summed E-state index contributed by atoms with van der Waals surface area (Å²) in [6, 6.07) is 8.51. The highest BCUT2D eigenvalue weighted by atomic mass is 32.1. The number of rotatable bonds is 4. The van der Waals surface area contributed by atoms with Gasteiger partial charge in [-0.2, -0.15) is 0 Å². The molecule has 1 aromatic carbocycles. The molecule has 0 fully saturated rings. The van der Waals surface area contributed by atoms with E-state index in [1.165, 1.54) is 15.9 Å². The summed E-state index contributed by atoms with van der Waals surface area (Å²) in [5.41, 5.74) is 1.19. The zero-order chi connectivity index (χ0) is 17.4. The van der Waals surface area contributed by atoms with E-state index in [-0.39, 0.29) is 24.5 Å². The number of carbonyl (C=O) groups is 1. The summed E-state index contributed by atoms with van der Waals surface area (Å²) >= 11 is 1.29. The SMILES string of the molecule is O=C(Cn1c(=O)oc2ccccc21)OCc1nc2ccsc2c(=O)[nH]1. The quantitative estimate of drug-likeness (QED) is 0.556. The van der Waals surface area contributed by atoms with Gasteiger partial charge in [0.2, 0.25) is 0 Å². The van der Waals surface area contributed by atoms with Gasteiger partial charge in [0.15, 0.2) is 5.58 Å². The molecular formula is C16H11N3O5S. The molecule has 0 bridgehead atoms. The van der Waals surface area contributed by atoms with E-state index in [1.807, 2.05) is 0 Å². The first kappa shape index (κ1) is 15.3. The molecule has 0 aliphatic rings. The number of ether oxygens (including phenoxy) is 1. The molecule has 4 aromatic rings. The third kappa shape index (κ3) is 2.85. The molecule has 0 saturated heterocycles. The van der Waals surface area contributed by atoms with Gasteiger partial charge in [0.25, 0.3) is 5.56 Å². The van der Waals surface area contributed by atoms with Crippen LogP contribution in [-0.4, -0.2) is 20.5 Å². The summed E-state index contributed by atoms with van der Waals surface area (Å²) in [4.78, 5) is 42.5. The number of carbonyl (C=O) groups excluding carboxylic acids is 1. The highest BCUT2D eigenvalue weighted by molar-refractivity contribution is 7.17. The molecule has 0 aliphatic carbocycles. The van der Waals surface area contributed by atoms with Gasteiger partial charge >= 0.3 is 11.7 Å². The summed E-state index contributed by atoms with van der Waals surface area (Å²) in [6.07, 6.45) is 0. The number of thiophene rings is 1. The monoisotopic (exact) mass is 357 g/mol. The Morgan fingerprint density at radius 3 is 3.00 bits per heavy atom. The summed E-state index contributed by atoms with van der Waals surface area (Å²) in [5, 5.41) is 1.76. The van der Waals surface area contributed by atoms with Gasteiger partial charge in [0.1, 0.15) is 23.7 Å². The molecule has 1 N–H and O–H groups in total. The van der Waals surface area contributed by atoms with E-state index in [0.29, 0.717) is 21.3 Å². The van der Waals surface area contributed by atoms with Crippen molar-refractivity contribution in [1.82, 2.24) is 14.5 Å². The van der Waals surface area contributed by atoms with Crippen molar-refractivity contribution < 1.29 is 13.9 Å². The van der Waals surface area contributed by atoms with E-state index >= 15 is 0 Å². The standard InChI is InChI=1S/C16H11N3O5S/c20-13(7-19-10-3-1-2-4-11(10)24-16(19)22)23-8-12-17-9-5-6-25-14(9)15(21)18-12/h1-6H,7-8H2,(H,17,18,21). The van der Waals surface area contributed by atoms with Crippen molar-refractivity contribution in [2.75, 3.05) is 0 Å². The predicted octanol–water partition coefficient (Wildman–Crippen LogP) is 1.64. The molecule has 9 heteroatoms. The second kappa shape index (κ2) is 6.02. The maximum atomic E-state index is 12.0. The van der Waals surface area contributed by atoms with Gasteiger partial charge < -0.3 is 14.1 Å². The van der Waals surface area contributed by atoms with E-state index in [9.17, 15) is 14.4 Å². The van der Waals surface area contributed by atoms with Gasteiger partial charge in [-0.1, -0.05) is 12.1 Å². The summed E-state index contributed by atoms with van der Waals surface area (Å²) < 4.78 is 11.9. The van der Waals surface area contributed by atoms with Crippen molar-refractivity contribution in [3.8, 4) is 0 Å². The highest BCUT2D eigenvalue weighted by Crippen LogP contribution is 2.14. The minimum Gasteiger partial charge on any atom is -0.456 e. The van der Waals surface area contributed by atoms with Crippen molar-refractivity contribution in [3.63, 3.8) is 0 Å². The van der Waals surface area contributed by atoms with Crippen LogP contribution in [0.2, 0.25) is 0 Å². The molecule has 0 atom stereocenters. The summed E-state index contributed by atoms with van der Waals surface area (Å²) in [6.45, 7) is -0.481. The number of fused-ring (bicyclic) bond motifs is 2. The van der Waals surface area contributed by atoms with Crippen molar-refractivity contribution >= 4 is 38.6 Å². The lowest BCUT2D eigenvalue weighted by Crippen LogP contribution is -2.22. The number of esters is 1. The van der Waals surface area contributed by atoms with Crippen LogP contribution in [0, 0.1) is 0 Å². The number of hydrogen-bond acceptors (Lipinski definition) is 7. The molecule has 126 valence electrons. The van der Waals surface area contributed by atoms with Crippen LogP contribution in [0.5, 0.6) is 0 Å². The topological polar surface area (TPSA) is 107 Å². The Labute approximate surface area is 143 Å². The first-order valence-electron chi connectivity index (χ1n) is 7.32. The molecule has 0 amide bonds. The van der Waals surface area contributed by atoms with Crippen LogP contribution in [0.15, 0.2) is 49.7 Å². The van der Waals surface area contributed by atoms with Gasteiger partial charge in [0, 0.05) is 0 Å². The fourth-order valence-electron chi connectivity index (χ4n) is 2.48. The van der Waals surface area contributed by atoms with Gasteiger partial charge in [-0.3, -0.25) is 14.2 Å². The van der Waals surface area contributed by atoms with Crippen molar-refractivity contribution in [3.05, 3.63) is 62.4 Å². The predicted molar refractivity (Wildman–Crippen MR) is 90.5 cm³/mol. The van der Waals surface area contributed by atoms with Crippen LogP contribution in [-0.2, 0) is 22.7 Å². The average molecular weight is 357 g/mol. The van der Waals surface area contributed by atoms with Gasteiger partial charge in [-0.05, 0) is 23.6 Å². The zero-order valence-corrected chi connectivity index (χ0v) is 13.5. The first-order chi connectivity index (χ1) is 12.1.